The van der Waals surface area contributed by atoms with Gasteiger partial charge < -0.3 is 10.6 Å². The molecule has 0 amide bonds. The molecule has 2 rings (SSSR count). The molecule has 0 saturated heterocycles. The maximum absolute atomic E-state index is 13.4. The highest BCUT2D eigenvalue weighted by Crippen LogP contribution is 2.22. The second-order valence-electron chi connectivity index (χ2n) is 6.37. The molecule has 6 heteroatoms. The van der Waals surface area contributed by atoms with Gasteiger partial charge in [-0.05, 0) is 30.2 Å². The molecular formula is C18H26FN5. The average Bonchev–Trinajstić information content (AvgIpc) is 3.07. The zero-order valence-electron chi connectivity index (χ0n) is 14.6. The Bertz CT molecular complexity index is 649. The molecule has 5 nitrogen and oxygen atoms in total. The average molecular weight is 331 g/mol. The lowest BCUT2D eigenvalue weighted by molar-refractivity contribution is 0.501. The lowest BCUT2D eigenvalue weighted by Crippen LogP contribution is -2.43. The van der Waals surface area contributed by atoms with Crippen molar-refractivity contribution in [3.05, 3.63) is 54.1 Å². The van der Waals surface area contributed by atoms with Crippen LogP contribution in [0.25, 0.3) is 0 Å². The molecule has 0 bridgehead atoms. The van der Waals surface area contributed by atoms with Crippen molar-refractivity contribution in [2.75, 3.05) is 20.1 Å². The van der Waals surface area contributed by atoms with E-state index in [9.17, 15) is 4.39 Å². The number of hydrogen-bond donors (Lipinski definition) is 2. The molecule has 1 aromatic heterocycles. The largest absolute Gasteiger partial charge is 0.356 e. The van der Waals surface area contributed by atoms with Gasteiger partial charge in [-0.1, -0.05) is 26.0 Å². The van der Waals surface area contributed by atoms with Crippen LogP contribution in [0.5, 0.6) is 0 Å². The van der Waals surface area contributed by atoms with E-state index in [4.69, 9.17) is 0 Å². The normalized spacial score (nSPS) is 12.2. The second-order valence-corrected chi connectivity index (χ2v) is 6.37. The number of rotatable bonds is 7. The first-order valence-corrected chi connectivity index (χ1v) is 8.19. The van der Waals surface area contributed by atoms with Crippen LogP contribution in [0.2, 0.25) is 0 Å². The van der Waals surface area contributed by atoms with E-state index in [-0.39, 0.29) is 11.2 Å². The Labute approximate surface area is 143 Å². The van der Waals surface area contributed by atoms with Crippen LogP contribution in [0.4, 0.5) is 4.39 Å². The summed E-state index contributed by atoms with van der Waals surface area (Å²) >= 11 is 0. The van der Waals surface area contributed by atoms with Crippen molar-refractivity contribution in [2.24, 2.45) is 4.99 Å². The Morgan fingerprint density at radius 1 is 1.29 bits per heavy atom. The van der Waals surface area contributed by atoms with Gasteiger partial charge in [0, 0.05) is 44.5 Å². The molecule has 0 saturated carbocycles. The second kappa shape index (κ2) is 8.47. The van der Waals surface area contributed by atoms with Crippen LogP contribution in [-0.2, 0) is 12.0 Å². The maximum atomic E-state index is 13.4. The highest BCUT2D eigenvalue weighted by Gasteiger charge is 2.21. The molecule has 0 aliphatic carbocycles. The van der Waals surface area contributed by atoms with Crippen molar-refractivity contribution in [1.82, 2.24) is 20.4 Å². The summed E-state index contributed by atoms with van der Waals surface area (Å²) in [5, 5.41) is 10.8. The van der Waals surface area contributed by atoms with E-state index in [1.54, 1.807) is 25.4 Å². The van der Waals surface area contributed by atoms with Gasteiger partial charge in [0.05, 0.1) is 0 Å². The van der Waals surface area contributed by atoms with Crippen molar-refractivity contribution in [3.8, 4) is 0 Å². The highest BCUT2D eigenvalue weighted by atomic mass is 19.1. The van der Waals surface area contributed by atoms with Crippen molar-refractivity contribution in [2.45, 2.75) is 32.2 Å². The van der Waals surface area contributed by atoms with Gasteiger partial charge in [0.2, 0.25) is 0 Å². The Morgan fingerprint density at radius 2 is 2.12 bits per heavy atom. The lowest BCUT2D eigenvalue weighted by atomic mass is 9.84. The minimum atomic E-state index is -0.207. The maximum Gasteiger partial charge on any atom is 0.191 e. The summed E-state index contributed by atoms with van der Waals surface area (Å²) in [5.41, 5.74) is 0.763. The third-order valence-electron chi connectivity index (χ3n) is 3.94. The quantitative estimate of drug-likeness (QED) is 0.466. The van der Waals surface area contributed by atoms with E-state index >= 15 is 0 Å². The number of hydrogen-bond acceptors (Lipinski definition) is 2. The van der Waals surface area contributed by atoms with Crippen LogP contribution in [0, 0.1) is 5.82 Å². The van der Waals surface area contributed by atoms with E-state index in [1.807, 2.05) is 23.0 Å². The minimum absolute atomic E-state index is 0.200. The Hall–Kier alpha value is -2.37. The fourth-order valence-corrected chi connectivity index (χ4v) is 2.42. The van der Waals surface area contributed by atoms with Gasteiger partial charge in [-0.25, -0.2) is 4.39 Å². The van der Waals surface area contributed by atoms with Gasteiger partial charge in [0.25, 0.3) is 0 Å². The zero-order chi connectivity index (χ0) is 17.4. The molecule has 0 atom stereocenters. The first-order chi connectivity index (χ1) is 11.5. The van der Waals surface area contributed by atoms with Gasteiger partial charge in [0.15, 0.2) is 5.96 Å². The molecule has 24 heavy (non-hydrogen) atoms. The molecule has 130 valence electrons. The van der Waals surface area contributed by atoms with Gasteiger partial charge in [-0.3, -0.25) is 9.67 Å². The molecule has 2 N–H and O–H groups in total. The van der Waals surface area contributed by atoms with Crippen LogP contribution in [-0.4, -0.2) is 35.9 Å². The summed E-state index contributed by atoms with van der Waals surface area (Å²) in [5.74, 6) is 0.543. The predicted octanol–water partition coefficient (Wildman–Crippen LogP) is 2.56. The monoisotopic (exact) mass is 331 g/mol. The number of nitrogens with one attached hydrogen (secondary N) is 2. The Kier molecular flexibility index (Phi) is 6.35. The Morgan fingerprint density at radius 3 is 2.79 bits per heavy atom. The number of benzene rings is 1. The highest BCUT2D eigenvalue weighted by molar-refractivity contribution is 5.79. The fourth-order valence-electron chi connectivity index (χ4n) is 2.42. The van der Waals surface area contributed by atoms with Crippen LogP contribution in [0.1, 0.15) is 25.8 Å². The first-order valence-electron chi connectivity index (χ1n) is 8.19. The molecule has 2 aromatic rings. The molecule has 0 spiro atoms. The van der Waals surface area contributed by atoms with Gasteiger partial charge >= 0.3 is 0 Å². The zero-order valence-corrected chi connectivity index (χ0v) is 14.6. The van der Waals surface area contributed by atoms with Crippen molar-refractivity contribution < 1.29 is 4.39 Å². The summed E-state index contributed by atoms with van der Waals surface area (Å²) in [6.07, 6.45) is 4.69. The summed E-state index contributed by atoms with van der Waals surface area (Å²) in [7, 11) is 1.75. The van der Waals surface area contributed by atoms with Crippen molar-refractivity contribution in [1.29, 1.82) is 0 Å². The van der Waals surface area contributed by atoms with Gasteiger partial charge in [-0.2, -0.15) is 5.10 Å². The van der Waals surface area contributed by atoms with E-state index in [2.05, 4.69) is 34.6 Å². The summed E-state index contributed by atoms with van der Waals surface area (Å²) in [6.45, 7) is 6.50. The molecule has 0 fully saturated rings. The number of aliphatic imine (C=N–C) groups is 1. The van der Waals surface area contributed by atoms with Gasteiger partial charge in [0.1, 0.15) is 5.82 Å². The SMILES string of the molecule is CN=C(NCCCn1cccn1)NCC(C)(C)c1cccc(F)c1. The van der Waals surface area contributed by atoms with Crippen molar-refractivity contribution >= 4 is 5.96 Å². The molecule has 0 aliphatic heterocycles. The van der Waals surface area contributed by atoms with E-state index in [1.165, 1.54) is 6.07 Å². The third kappa shape index (κ3) is 5.37. The summed E-state index contributed by atoms with van der Waals surface area (Å²) in [6, 6.07) is 8.66. The smallest absolute Gasteiger partial charge is 0.191 e. The minimum Gasteiger partial charge on any atom is -0.356 e. The number of aromatic nitrogens is 2. The van der Waals surface area contributed by atoms with E-state index < -0.39 is 0 Å². The van der Waals surface area contributed by atoms with Crippen molar-refractivity contribution in [3.63, 3.8) is 0 Å². The topological polar surface area (TPSA) is 54.2 Å². The van der Waals surface area contributed by atoms with Crippen LogP contribution < -0.4 is 10.6 Å². The van der Waals surface area contributed by atoms with Crippen LogP contribution in [0.15, 0.2) is 47.7 Å². The third-order valence-corrected chi connectivity index (χ3v) is 3.94. The lowest BCUT2D eigenvalue weighted by Gasteiger charge is -2.26. The number of halogens is 1. The molecule has 1 aromatic carbocycles. The first kappa shape index (κ1) is 18.0. The molecule has 0 aliphatic rings. The van der Waals surface area contributed by atoms with Crippen LogP contribution >= 0.6 is 0 Å². The molecule has 0 unspecified atom stereocenters. The molecular weight excluding hydrogens is 305 g/mol. The standard InChI is InChI=1S/C18H26FN5/c1-18(2,15-7-4-8-16(19)13-15)14-22-17(20-3)21-9-5-11-24-12-6-10-23-24/h4,6-8,10,12-13H,5,9,11,14H2,1-3H3,(H2,20,21,22). The Balaban J connectivity index is 1.78. The number of aryl methyl sites for hydroxylation is 1. The van der Waals surface area contributed by atoms with Crippen LogP contribution in [0.3, 0.4) is 0 Å². The predicted molar refractivity (Wildman–Crippen MR) is 95.6 cm³/mol. The van der Waals surface area contributed by atoms with Gasteiger partial charge in [-0.15, -0.1) is 0 Å². The van der Waals surface area contributed by atoms with E-state index in [0.717, 1.165) is 31.0 Å². The fraction of sp³-hybridized carbons (Fsp3) is 0.444. The molecule has 1 heterocycles. The number of guanidine groups is 1. The van der Waals surface area contributed by atoms with E-state index in [0.29, 0.717) is 6.54 Å². The summed E-state index contributed by atoms with van der Waals surface area (Å²) < 4.78 is 15.3. The number of nitrogens with zero attached hydrogens (tertiary/aromatic N) is 3. The summed E-state index contributed by atoms with van der Waals surface area (Å²) in [4.78, 5) is 4.23. The molecule has 0 radical (unpaired) electrons.